The average molecular weight is 413 g/mol. The van der Waals surface area contributed by atoms with Crippen LogP contribution in [-0.2, 0) is 16.4 Å². The molecular formula is C17H24N4O4S2. The summed E-state index contributed by atoms with van der Waals surface area (Å²) < 4.78 is 32.4. The van der Waals surface area contributed by atoms with Gasteiger partial charge in [0.25, 0.3) is 5.91 Å². The number of hydrogen-bond acceptors (Lipinski definition) is 7. The first-order chi connectivity index (χ1) is 12.8. The molecule has 0 N–H and O–H groups in total. The van der Waals surface area contributed by atoms with E-state index in [0.29, 0.717) is 36.6 Å². The Kier molecular flexibility index (Phi) is 5.68. The summed E-state index contributed by atoms with van der Waals surface area (Å²) in [5, 5.41) is 4.69. The largest absolute Gasteiger partial charge is 0.360 e. The van der Waals surface area contributed by atoms with E-state index in [1.807, 2.05) is 13.8 Å². The Hall–Kier alpha value is -1.78. The quantitative estimate of drug-likeness (QED) is 0.763. The van der Waals surface area contributed by atoms with Crippen LogP contribution in [0, 0.1) is 20.8 Å². The van der Waals surface area contributed by atoms with Gasteiger partial charge >= 0.3 is 0 Å². The van der Waals surface area contributed by atoms with Crippen LogP contribution < -0.4 is 0 Å². The molecule has 2 aromatic heterocycles. The molecule has 0 saturated carbocycles. The number of carbonyl (C=O) groups is 1. The Morgan fingerprint density at radius 2 is 1.89 bits per heavy atom. The van der Waals surface area contributed by atoms with Gasteiger partial charge in [0.15, 0.2) is 5.76 Å². The SMILES string of the molecule is CCc1nc(C)c(C(=O)N2CCCN(S(=O)(=O)c3c(C)noc3C)CC2)s1. The number of rotatable bonds is 4. The standard InChI is InChI=1S/C17H24N4O4S2/c1-5-14-18-11(2)15(26-14)17(22)20-7-6-8-21(10-9-20)27(23,24)16-12(3)19-25-13(16)4/h5-10H2,1-4H3. The number of aromatic nitrogens is 2. The minimum atomic E-state index is -3.70. The molecule has 3 rings (SSSR count). The molecule has 1 amide bonds. The molecule has 148 valence electrons. The number of thiazole rings is 1. The highest BCUT2D eigenvalue weighted by Gasteiger charge is 2.33. The summed E-state index contributed by atoms with van der Waals surface area (Å²) in [4.78, 5) is 19.8. The Morgan fingerprint density at radius 3 is 2.48 bits per heavy atom. The molecular weight excluding hydrogens is 388 g/mol. The summed E-state index contributed by atoms with van der Waals surface area (Å²) in [5.74, 6) is 0.221. The van der Waals surface area contributed by atoms with E-state index >= 15 is 0 Å². The van der Waals surface area contributed by atoms with Crippen molar-refractivity contribution >= 4 is 27.3 Å². The highest BCUT2D eigenvalue weighted by molar-refractivity contribution is 7.89. The van der Waals surface area contributed by atoms with E-state index in [0.717, 1.165) is 17.1 Å². The highest BCUT2D eigenvalue weighted by atomic mass is 32.2. The highest BCUT2D eigenvalue weighted by Crippen LogP contribution is 2.25. The van der Waals surface area contributed by atoms with E-state index in [4.69, 9.17) is 4.52 Å². The maximum atomic E-state index is 13.0. The minimum Gasteiger partial charge on any atom is -0.360 e. The van der Waals surface area contributed by atoms with Crippen LogP contribution in [0.1, 0.15) is 45.2 Å². The Bertz CT molecular complexity index is 929. The maximum absolute atomic E-state index is 13.0. The van der Waals surface area contributed by atoms with Gasteiger partial charge in [-0.2, -0.15) is 4.31 Å². The number of nitrogens with zero attached hydrogens (tertiary/aromatic N) is 4. The summed E-state index contributed by atoms with van der Waals surface area (Å²) >= 11 is 1.42. The first-order valence-corrected chi connectivity index (χ1v) is 11.2. The van der Waals surface area contributed by atoms with E-state index in [1.54, 1.807) is 18.7 Å². The number of aryl methyl sites for hydroxylation is 4. The smallest absolute Gasteiger partial charge is 0.265 e. The molecule has 0 unspecified atom stereocenters. The Morgan fingerprint density at radius 1 is 1.15 bits per heavy atom. The summed E-state index contributed by atoms with van der Waals surface area (Å²) in [6.45, 7) is 8.54. The summed E-state index contributed by atoms with van der Waals surface area (Å²) in [6, 6.07) is 0. The summed E-state index contributed by atoms with van der Waals surface area (Å²) in [7, 11) is -3.70. The molecule has 2 aromatic rings. The van der Waals surface area contributed by atoms with Crippen molar-refractivity contribution in [2.45, 2.75) is 45.4 Å². The molecule has 0 aliphatic carbocycles. The minimum absolute atomic E-state index is 0.0683. The molecule has 0 radical (unpaired) electrons. The zero-order chi connectivity index (χ0) is 19.8. The van der Waals surface area contributed by atoms with Gasteiger partial charge in [0.05, 0.1) is 10.7 Å². The Balaban J connectivity index is 1.77. The predicted molar refractivity (Wildman–Crippen MR) is 101 cm³/mol. The number of amides is 1. The fourth-order valence-corrected chi connectivity index (χ4v) is 5.99. The van der Waals surface area contributed by atoms with E-state index in [2.05, 4.69) is 10.1 Å². The van der Waals surface area contributed by atoms with Gasteiger partial charge in [0, 0.05) is 26.2 Å². The third kappa shape index (κ3) is 3.78. The third-order valence-corrected chi connectivity index (χ3v) is 8.08. The molecule has 27 heavy (non-hydrogen) atoms. The lowest BCUT2D eigenvalue weighted by atomic mass is 10.3. The van der Waals surface area contributed by atoms with E-state index in [-0.39, 0.29) is 23.1 Å². The van der Waals surface area contributed by atoms with E-state index < -0.39 is 10.0 Å². The van der Waals surface area contributed by atoms with Gasteiger partial charge in [-0.15, -0.1) is 11.3 Å². The molecule has 1 saturated heterocycles. The lowest BCUT2D eigenvalue weighted by Gasteiger charge is -2.21. The lowest BCUT2D eigenvalue weighted by Crippen LogP contribution is -2.37. The summed E-state index contributed by atoms with van der Waals surface area (Å²) in [6.07, 6.45) is 1.37. The van der Waals surface area contributed by atoms with Crippen molar-refractivity contribution in [3.8, 4) is 0 Å². The first kappa shape index (κ1) is 20.0. The van der Waals surface area contributed by atoms with Crippen LogP contribution in [-0.4, -0.2) is 59.8 Å². The zero-order valence-electron chi connectivity index (χ0n) is 16.0. The van der Waals surface area contributed by atoms with Gasteiger partial charge < -0.3 is 9.42 Å². The molecule has 10 heteroatoms. The van der Waals surface area contributed by atoms with Crippen molar-refractivity contribution in [1.29, 1.82) is 0 Å². The van der Waals surface area contributed by atoms with Crippen molar-refractivity contribution in [1.82, 2.24) is 19.3 Å². The average Bonchev–Trinajstić information content (AvgIpc) is 3.05. The monoisotopic (exact) mass is 412 g/mol. The number of carbonyl (C=O) groups excluding carboxylic acids is 1. The Labute approximate surface area is 163 Å². The van der Waals surface area contributed by atoms with Gasteiger partial charge in [-0.05, 0) is 33.6 Å². The molecule has 1 aliphatic heterocycles. The van der Waals surface area contributed by atoms with Gasteiger partial charge in [-0.25, -0.2) is 13.4 Å². The van der Waals surface area contributed by atoms with E-state index in [1.165, 1.54) is 15.6 Å². The molecule has 1 aliphatic rings. The fraction of sp³-hybridized carbons (Fsp3) is 0.588. The topological polar surface area (TPSA) is 96.6 Å². The second-order valence-electron chi connectivity index (χ2n) is 6.58. The second-order valence-corrected chi connectivity index (χ2v) is 9.54. The van der Waals surface area contributed by atoms with Crippen LogP contribution in [0.15, 0.2) is 9.42 Å². The zero-order valence-corrected chi connectivity index (χ0v) is 17.6. The molecule has 0 aromatic carbocycles. The van der Waals surface area contributed by atoms with Gasteiger partial charge in [0.1, 0.15) is 15.5 Å². The van der Waals surface area contributed by atoms with Crippen molar-refractivity contribution in [2.24, 2.45) is 0 Å². The van der Waals surface area contributed by atoms with Crippen LogP contribution >= 0.6 is 11.3 Å². The van der Waals surface area contributed by atoms with Crippen LogP contribution in [0.2, 0.25) is 0 Å². The van der Waals surface area contributed by atoms with Crippen molar-refractivity contribution < 1.29 is 17.7 Å². The molecule has 8 nitrogen and oxygen atoms in total. The predicted octanol–water partition coefficient (Wildman–Crippen LogP) is 2.16. The number of hydrogen-bond donors (Lipinski definition) is 0. The van der Waals surface area contributed by atoms with Gasteiger partial charge in [-0.1, -0.05) is 12.1 Å². The van der Waals surface area contributed by atoms with Crippen LogP contribution in [0.3, 0.4) is 0 Å². The fourth-order valence-electron chi connectivity index (χ4n) is 3.25. The second kappa shape index (κ2) is 7.69. The molecule has 3 heterocycles. The maximum Gasteiger partial charge on any atom is 0.265 e. The third-order valence-electron chi connectivity index (χ3n) is 4.65. The van der Waals surface area contributed by atoms with Crippen molar-refractivity contribution in [2.75, 3.05) is 26.2 Å². The lowest BCUT2D eigenvalue weighted by molar-refractivity contribution is 0.0768. The van der Waals surface area contributed by atoms with Crippen LogP contribution in [0.5, 0.6) is 0 Å². The van der Waals surface area contributed by atoms with Crippen molar-refractivity contribution in [3.63, 3.8) is 0 Å². The normalized spacial score (nSPS) is 16.5. The van der Waals surface area contributed by atoms with Crippen LogP contribution in [0.4, 0.5) is 0 Å². The van der Waals surface area contributed by atoms with Crippen molar-refractivity contribution in [3.05, 3.63) is 27.0 Å². The molecule has 0 spiro atoms. The van der Waals surface area contributed by atoms with Gasteiger partial charge in [-0.3, -0.25) is 4.79 Å². The van der Waals surface area contributed by atoms with Gasteiger partial charge in [0.2, 0.25) is 10.0 Å². The molecule has 0 bridgehead atoms. The molecule has 1 fully saturated rings. The van der Waals surface area contributed by atoms with Crippen LogP contribution in [0.25, 0.3) is 0 Å². The molecule has 0 atom stereocenters. The number of sulfonamides is 1. The summed E-state index contributed by atoms with van der Waals surface area (Å²) in [5.41, 5.74) is 1.10. The first-order valence-electron chi connectivity index (χ1n) is 8.94. The van der Waals surface area contributed by atoms with E-state index in [9.17, 15) is 13.2 Å².